The van der Waals surface area contributed by atoms with Crippen molar-refractivity contribution in [1.82, 2.24) is 4.90 Å². The number of carbonyl (C=O) groups is 2. The monoisotopic (exact) mass is 375 g/mol. The fourth-order valence-electron chi connectivity index (χ4n) is 4.31. The van der Waals surface area contributed by atoms with Crippen molar-refractivity contribution in [2.75, 3.05) is 19.0 Å². The zero-order valence-corrected chi connectivity index (χ0v) is 15.0. The Kier molecular flexibility index (Phi) is 5.49. The summed E-state index contributed by atoms with van der Waals surface area (Å²) < 4.78 is 18.5. The number of ether oxygens (including phenoxy) is 1. The molecule has 2 aliphatic rings. The lowest BCUT2D eigenvalue weighted by molar-refractivity contribution is -0.146. The first-order valence-corrected chi connectivity index (χ1v) is 8.97. The third kappa shape index (κ3) is 3.82. The van der Waals surface area contributed by atoms with Gasteiger partial charge in [-0.2, -0.15) is 5.26 Å². The molecule has 2 N–H and O–H groups in total. The highest BCUT2D eigenvalue weighted by molar-refractivity contribution is 5.80. The summed E-state index contributed by atoms with van der Waals surface area (Å²) in [5.41, 5.74) is 0.450. The zero-order valence-electron chi connectivity index (χ0n) is 15.0. The van der Waals surface area contributed by atoms with Gasteiger partial charge >= 0.3 is 12.1 Å². The molecule has 27 heavy (non-hydrogen) atoms. The van der Waals surface area contributed by atoms with Gasteiger partial charge in [0.1, 0.15) is 23.5 Å². The van der Waals surface area contributed by atoms with Gasteiger partial charge in [-0.1, -0.05) is 6.07 Å². The van der Waals surface area contributed by atoms with E-state index >= 15 is 0 Å². The van der Waals surface area contributed by atoms with Crippen molar-refractivity contribution < 1.29 is 23.8 Å². The van der Waals surface area contributed by atoms with E-state index in [2.05, 4.69) is 5.32 Å². The zero-order chi connectivity index (χ0) is 19.6. The number of anilines is 1. The number of piperidine rings is 1. The Bertz CT molecular complexity index is 779. The van der Waals surface area contributed by atoms with Crippen LogP contribution in [0, 0.1) is 29.0 Å². The van der Waals surface area contributed by atoms with Crippen molar-refractivity contribution in [3.63, 3.8) is 0 Å². The van der Waals surface area contributed by atoms with Crippen molar-refractivity contribution in [2.45, 2.75) is 37.8 Å². The van der Waals surface area contributed by atoms with Crippen LogP contribution in [0.1, 0.15) is 31.2 Å². The maximum atomic E-state index is 13.8. The van der Waals surface area contributed by atoms with Crippen molar-refractivity contribution >= 4 is 17.7 Å². The number of nitrogens with one attached hydrogen (secondary N) is 1. The minimum Gasteiger partial charge on any atom is -0.480 e. The standard InChI is InChI=1S/C19H22FN3O4/c1-27-19(26)23-10-11-5-6-13(7-12(11)8-17(23)18(24)25)22-16-4-2-3-15(20)14(16)9-21/h2-4,11-13,17,22H,5-8,10H2,1H3,(H,24,25). The number of benzene rings is 1. The number of aliphatic carboxylic acids is 1. The van der Waals surface area contributed by atoms with Crippen molar-refractivity contribution in [3.05, 3.63) is 29.6 Å². The van der Waals surface area contributed by atoms with Crippen LogP contribution in [0.2, 0.25) is 0 Å². The minimum absolute atomic E-state index is 0.0106. The van der Waals surface area contributed by atoms with Gasteiger partial charge in [0.05, 0.1) is 12.8 Å². The van der Waals surface area contributed by atoms with Crippen LogP contribution in [-0.4, -0.2) is 47.8 Å². The van der Waals surface area contributed by atoms with Gasteiger partial charge in [-0.3, -0.25) is 4.90 Å². The van der Waals surface area contributed by atoms with Crippen LogP contribution >= 0.6 is 0 Å². The number of nitriles is 1. The second-order valence-corrected chi connectivity index (χ2v) is 7.16. The largest absolute Gasteiger partial charge is 0.480 e. The summed E-state index contributed by atoms with van der Waals surface area (Å²) in [6, 6.07) is 5.49. The van der Waals surface area contributed by atoms with E-state index in [-0.39, 0.29) is 23.4 Å². The number of hydrogen-bond donors (Lipinski definition) is 2. The van der Waals surface area contributed by atoms with Gasteiger partial charge < -0.3 is 15.2 Å². The number of hydrogen-bond acceptors (Lipinski definition) is 5. The normalized spacial score (nSPS) is 27.2. The van der Waals surface area contributed by atoms with Crippen LogP contribution in [-0.2, 0) is 9.53 Å². The van der Waals surface area contributed by atoms with E-state index in [1.165, 1.54) is 18.1 Å². The molecule has 0 bridgehead atoms. The Labute approximate surface area is 156 Å². The number of methoxy groups -OCH3 is 1. The Morgan fingerprint density at radius 3 is 2.78 bits per heavy atom. The Balaban J connectivity index is 1.71. The Morgan fingerprint density at radius 2 is 2.11 bits per heavy atom. The molecule has 4 unspecified atom stereocenters. The fraction of sp³-hybridized carbons (Fsp3) is 0.526. The smallest absolute Gasteiger partial charge is 0.410 e. The second kappa shape index (κ2) is 7.82. The van der Waals surface area contributed by atoms with Gasteiger partial charge in [-0.05, 0) is 49.7 Å². The minimum atomic E-state index is -1.04. The molecule has 0 aromatic heterocycles. The van der Waals surface area contributed by atoms with E-state index in [1.54, 1.807) is 12.1 Å². The molecule has 3 rings (SSSR count). The number of halogens is 1. The summed E-state index contributed by atoms with van der Waals surface area (Å²) in [7, 11) is 1.25. The summed E-state index contributed by atoms with van der Waals surface area (Å²) in [5, 5.41) is 21.9. The van der Waals surface area contributed by atoms with Gasteiger partial charge in [-0.15, -0.1) is 0 Å². The molecule has 1 aromatic rings. The summed E-state index contributed by atoms with van der Waals surface area (Å²) in [5.74, 6) is -1.25. The third-order valence-corrected chi connectivity index (χ3v) is 5.65. The summed E-state index contributed by atoms with van der Waals surface area (Å²) in [6.07, 6.45) is 2.08. The Morgan fingerprint density at radius 1 is 1.33 bits per heavy atom. The van der Waals surface area contributed by atoms with Crippen molar-refractivity contribution in [3.8, 4) is 6.07 Å². The first-order valence-electron chi connectivity index (χ1n) is 8.97. The molecule has 7 nitrogen and oxygen atoms in total. The van der Waals surface area contributed by atoms with Crippen LogP contribution in [0.5, 0.6) is 0 Å². The molecule has 0 radical (unpaired) electrons. The SMILES string of the molecule is COC(=O)N1CC2CCC(Nc3cccc(F)c3C#N)CC2CC1C(=O)O. The van der Waals surface area contributed by atoms with E-state index in [1.807, 2.05) is 6.07 Å². The van der Waals surface area contributed by atoms with E-state index < -0.39 is 23.9 Å². The van der Waals surface area contributed by atoms with Crippen molar-refractivity contribution in [2.24, 2.45) is 11.8 Å². The molecule has 2 fully saturated rings. The van der Waals surface area contributed by atoms with Crippen LogP contribution < -0.4 is 5.32 Å². The van der Waals surface area contributed by atoms with E-state index in [9.17, 15) is 24.3 Å². The van der Waals surface area contributed by atoms with Gasteiger partial charge in [-0.25, -0.2) is 14.0 Å². The molecule has 1 saturated heterocycles. The van der Waals surface area contributed by atoms with Crippen LogP contribution in [0.3, 0.4) is 0 Å². The first-order chi connectivity index (χ1) is 12.9. The molecule has 1 saturated carbocycles. The number of amides is 1. The Hall–Kier alpha value is -2.82. The van der Waals surface area contributed by atoms with Gasteiger partial charge in [0.2, 0.25) is 0 Å². The van der Waals surface area contributed by atoms with Gasteiger partial charge in [0.25, 0.3) is 0 Å². The molecule has 1 aliphatic carbocycles. The lowest BCUT2D eigenvalue weighted by Crippen LogP contribution is -2.55. The molecule has 8 heteroatoms. The van der Waals surface area contributed by atoms with Gasteiger partial charge in [0.15, 0.2) is 0 Å². The topological polar surface area (TPSA) is 103 Å². The number of rotatable bonds is 3. The molecular formula is C19H22FN3O4. The molecule has 1 aliphatic heterocycles. The molecule has 144 valence electrons. The maximum Gasteiger partial charge on any atom is 0.410 e. The summed E-state index contributed by atoms with van der Waals surface area (Å²) in [6.45, 7) is 0.366. The van der Waals surface area contributed by atoms with Crippen molar-refractivity contribution in [1.29, 1.82) is 5.26 Å². The van der Waals surface area contributed by atoms with Crippen LogP contribution in [0.25, 0.3) is 0 Å². The molecular weight excluding hydrogens is 353 g/mol. The van der Waals surface area contributed by atoms with E-state index in [0.717, 1.165) is 12.8 Å². The number of fused-ring (bicyclic) bond motifs is 1. The number of carboxylic acids is 1. The predicted octanol–water partition coefficient (Wildman–Crippen LogP) is 2.82. The highest BCUT2D eigenvalue weighted by Crippen LogP contribution is 2.40. The summed E-state index contributed by atoms with van der Waals surface area (Å²) >= 11 is 0. The second-order valence-electron chi connectivity index (χ2n) is 7.16. The van der Waals surface area contributed by atoms with Crippen LogP contribution in [0.4, 0.5) is 14.9 Å². The lowest BCUT2D eigenvalue weighted by Gasteiger charge is -2.46. The molecule has 1 amide bonds. The molecule has 1 aromatic carbocycles. The van der Waals surface area contributed by atoms with Crippen LogP contribution in [0.15, 0.2) is 18.2 Å². The van der Waals surface area contributed by atoms with E-state index in [0.29, 0.717) is 25.1 Å². The maximum absolute atomic E-state index is 13.8. The quantitative estimate of drug-likeness (QED) is 0.842. The molecule has 0 spiro atoms. The number of likely N-dealkylation sites (tertiary alicyclic amines) is 1. The third-order valence-electron chi connectivity index (χ3n) is 5.65. The average Bonchev–Trinajstić information content (AvgIpc) is 2.66. The molecule has 4 atom stereocenters. The van der Waals surface area contributed by atoms with E-state index in [4.69, 9.17) is 4.74 Å². The fourth-order valence-corrected chi connectivity index (χ4v) is 4.31. The summed E-state index contributed by atoms with van der Waals surface area (Å²) in [4.78, 5) is 24.8. The average molecular weight is 375 g/mol. The number of carbonyl (C=O) groups excluding carboxylic acids is 1. The highest BCUT2D eigenvalue weighted by Gasteiger charge is 2.44. The molecule has 1 heterocycles. The lowest BCUT2D eigenvalue weighted by atomic mass is 9.71. The first kappa shape index (κ1) is 19.0. The highest BCUT2D eigenvalue weighted by atomic mass is 19.1. The number of carboxylic acid groups (broad SMARTS) is 1. The number of nitrogens with zero attached hydrogens (tertiary/aromatic N) is 2. The van der Waals surface area contributed by atoms with Gasteiger partial charge in [0, 0.05) is 12.6 Å². The predicted molar refractivity (Wildman–Crippen MR) is 94.5 cm³/mol.